The maximum atomic E-state index is 9.68. The van der Waals surface area contributed by atoms with Crippen molar-refractivity contribution in [3.63, 3.8) is 0 Å². The molecule has 0 radical (unpaired) electrons. The third-order valence-electron chi connectivity index (χ3n) is 4.50. The Labute approximate surface area is 113 Å². The van der Waals surface area contributed by atoms with Gasteiger partial charge in [0.25, 0.3) is 0 Å². The molecule has 1 fully saturated rings. The minimum absolute atomic E-state index is 0.162. The van der Waals surface area contributed by atoms with Gasteiger partial charge in [-0.15, -0.1) is 0 Å². The molecule has 1 saturated carbocycles. The summed E-state index contributed by atoms with van der Waals surface area (Å²) in [5, 5.41) is 13.3. The van der Waals surface area contributed by atoms with Crippen molar-refractivity contribution < 1.29 is 5.11 Å². The molecule has 0 aliphatic heterocycles. The summed E-state index contributed by atoms with van der Waals surface area (Å²) in [5.41, 5.74) is 0.162. The van der Waals surface area contributed by atoms with E-state index < -0.39 is 0 Å². The van der Waals surface area contributed by atoms with E-state index in [0.717, 1.165) is 26.2 Å². The van der Waals surface area contributed by atoms with Gasteiger partial charge in [-0.2, -0.15) is 0 Å². The smallest absolute Gasteiger partial charge is 0.0499 e. The molecule has 2 N–H and O–H groups in total. The lowest BCUT2D eigenvalue weighted by Gasteiger charge is -2.37. The average molecular weight is 256 g/mol. The molecule has 1 aliphatic carbocycles. The standard InChI is InChI=1S/C15H32N2O/c1-4-17(5-2)11-14(3)16-12-15(13-18)9-7-6-8-10-15/h14,16,18H,4-13H2,1-3H3. The summed E-state index contributed by atoms with van der Waals surface area (Å²) in [6.07, 6.45) is 6.29. The molecule has 1 unspecified atom stereocenters. The van der Waals surface area contributed by atoms with Crippen LogP contribution in [0.15, 0.2) is 0 Å². The van der Waals surface area contributed by atoms with E-state index in [1.54, 1.807) is 0 Å². The Morgan fingerprint density at radius 3 is 2.28 bits per heavy atom. The van der Waals surface area contributed by atoms with Crippen LogP contribution >= 0.6 is 0 Å². The number of nitrogens with one attached hydrogen (secondary N) is 1. The number of aliphatic hydroxyl groups excluding tert-OH is 1. The van der Waals surface area contributed by atoms with E-state index in [2.05, 4.69) is 31.0 Å². The molecule has 1 atom stereocenters. The van der Waals surface area contributed by atoms with E-state index in [0.29, 0.717) is 12.6 Å². The van der Waals surface area contributed by atoms with Crippen molar-refractivity contribution in [2.45, 2.75) is 58.9 Å². The second-order valence-corrected chi connectivity index (χ2v) is 5.99. The Morgan fingerprint density at radius 1 is 1.17 bits per heavy atom. The summed E-state index contributed by atoms with van der Waals surface area (Å²) in [6.45, 7) is 11.4. The Morgan fingerprint density at radius 2 is 1.78 bits per heavy atom. The lowest BCUT2D eigenvalue weighted by molar-refractivity contribution is 0.0772. The van der Waals surface area contributed by atoms with Crippen LogP contribution in [0.4, 0.5) is 0 Å². The summed E-state index contributed by atoms with van der Waals surface area (Å²) in [6, 6.07) is 0.509. The van der Waals surface area contributed by atoms with E-state index >= 15 is 0 Å². The fourth-order valence-corrected chi connectivity index (χ4v) is 3.02. The van der Waals surface area contributed by atoms with E-state index in [9.17, 15) is 5.11 Å². The zero-order valence-corrected chi connectivity index (χ0v) is 12.5. The molecule has 0 aromatic heterocycles. The highest BCUT2D eigenvalue weighted by Gasteiger charge is 2.31. The van der Waals surface area contributed by atoms with Gasteiger partial charge in [0.1, 0.15) is 0 Å². The van der Waals surface area contributed by atoms with Crippen LogP contribution < -0.4 is 5.32 Å². The van der Waals surface area contributed by atoms with Crippen LogP contribution in [0, 0.1) is 5.41 Å². The number of nitrogens with zero attached hydrogens (tertiary/aromatic N) is 1. The first-order chi connectivity index (χ1) is 8.65. The molecule has 0 spiro atoms. The van der Waals surface area contributed by atoms with Crippen LogP contribution in [-0.2, 0) is 0 Å². The minimum Gasteiger partial charge on any atom is -0.396 e. The Bertz CT molecular complexity index is 211. The van der Waals surface area contributed by atoms with Crippen molar-refractivity contribution in [3.05, 3.63) is 0 Å². The number of likely N-dealkylation sites (N-methyl/N-ethyl adjacent to an activating group) is 1. The van der Waals surface area contributed by atoms with Crippen LogP contribution in [0.5, 0.6) is 0 Å². The van der Waals surface area contributed by atoms with Crippen molar-refractivity contribution >= 4 is 0 Å². The number of rotatable bonds is 8. The highest BCUT2D eigenvalue weighted by atomic mass is 16.3. The first-order valence-corrected chi connectivity index (χ1v) is 7.72. The summed E-state index contributed by atoms with van der Waals surface area (Å²) >= 11 is 0. The fraction of sp³-hybridized carbons (Fsp3) is 1.00. The molecule has 0 aromatic rings. The average Bonchev–Trinajstić information content (AvgIpc) is 2.43. The number of hydrogen-bond acceptors (Lipinski definition) is 3. The summed E-state index contributed by atoms with van der Waals surface area (Å²) in [7, 11) is 0. The molecule has 0 heterocycles. The molecule has 0 amide bonds. The Balaban J connectivity index is 2.33. The zero-order valence-electron chi connectivity index (χ0n) is 12.5. The highest BCUT2D eigenvalue weighted by molar-refractivity contribution is 4.85. The normalized spacial score (nSPS) is 21.2. The maximum Gasteiger partial charge on any atom is 0.0499 e. The molecule has 3 heteroatoms. The van der Waals surface area contributed by atoms with Crippen molar-refractivity contribution in [1.29, 1.82) is 0 Å². The van der Waals surface area contributed by atoms with Gasteiger partial charge in [0.05, 0.1) is 0 Å². The Kier molecular flexibility index (Phi) is 7.20. The molecule has 1 rings (SSSR count). The molecule has 108 valence electrons. The summed E-state index contributed by atoms with van der Waals surface area (Å²) < 4.78 is 0. The second-order valence-electron chi connectivity index (χ2n) is 5.99. The maximum absolute atomic E-state index is 9.68. The van der Waals surface area contributed by atoms with E-state index in [-0.39, 0.29) is 5.41 Å². The molecule has 0 bridgehead atoms. The van der Waals surface area contributed by atoms with Crippen LogP contribution in [0.2, 0.25) is 0 Å². The lowest BCUT2D eigenvalue weighted by atomic mass is 9.74. The predicted molar refractivity (Wildman–Crippen MR) is 77.9 cm³/mol. The van der Waals surface area contributed by atoms with Gasteiger partial charge in [0.2, 0.25) is 0 Å². The van der Waals surface area contributed by atoms with Crippen LogP contribution in [0.3, 0.4) is 0 Å². The molecular weight excluding hydrogens is 224 g/mol. The van der Waals surface area contributed by atoms with Gasteiger partial charge in [-0.05, 0) is 32.9 Å². The van der Waals surface area contributed by atoms with Crippen LogP contribution in [-0.4, -0.2) is 48.8 Å². The molecule has 1 aliphatic rings. The van der Waals surface area contributed by atoms with Crippen molar-refractivity contribution in [2.24, 2.45) is 5.41 Å². The largest absolute Gasteiger partial charge is 0.396 e. The topological polar surface area (TPSA) is 35.5 Å². The van der Waals surface area contributed by atoms with Crippen molar-refractivity contribution in [3.8, 4) is 0 Å². The predicted octanol–water partition coefficient (Wildman–Crippen LogP) is 2.25. The second kappa shape index (κ2) is 8.13. The summed E-state index contributed by atoms with van der Waals surface area (Å²) in [4.78, 5) is 2.45. The summed E-state index contributed by atoms with van der Waals surface area (Å²) in [5.74, 6) is 0. The van der Waals surface area contributed by atoms with Gasteiger partial charge >= 0.3 is 0 Å². The molecular formula is C15H32N2O. The quantitative estimate of drug-likeness (QED) is 0.699. The SMILES string of the molecule is CCN(CC)CC(C)NCC1(CO)CCCCC1. The number of hydrogen-bond donors (Lipinski definition) is 2. The first kappa shape index (κ1) is 15.9. The van der Waals surface area contributed by atoms with E-state index in [1.165, 1.54) is 32.1 Å². The van der Waals surface area contributed by atoms with Gasteiger partial charge in [-0.3, -0.25) is 0 Å². The van der Waals surface area contributed by atoms with Gasteiger partial charge in [-0.1, -0.05) is 33.1 Å². The van der Waals surface area contributed by atoms with Gasteiger partial charge in [0.15, 0.2) is 0 Å². The minimum atomic E-state index is 0.162. The third kappa shape index (κ3) is 4.87. The third-order valence-corrected chi connectivity index (χ3v) is 4.50. The fourth-order valence-electron chi connectivity index (χ4n) is 3.02. The van der Waals surface area contributed by atoms with Gasteiger partial charge in [0, 0.05) is 31.2 Å². The zero-order chi connectivity index (χ0) is 13.4. The first-order valence-electron chi connectivity index (χ1n) is 7.72. The van der Waals surface area contributed by atoms with Gasteiger partial charge < -0.3 is 15.3 Å². The molecule has 0 aromatic carbocycles. The van der Waals surface area contributed by atoms with Crippen LogP contribution in [0.25, 0.3) is 0 Å². The molecule has 3 nitrogen and oxygen atoms in total. The van der Waals surface area contributed by atoms with Crippen LogP contribution in [0.1, 0.15) is 52.9 Å². The van der Waals surface area contributed by atoms with E-state index in [1.807, 2.05) is 0 Å². The van der Waals surface area contributed by atoms with E-state index in [4.69, 9.17) is 0 Å². The van der Waals surface area contributed by atoms with Crippen molar-refractivity contribution in [1.82, 2.24) is 10.2 Å². The van der Waals surface area contributed by atoms with Crippen molar-refractivity contribution in [2.75, 3.05) is 32.8 Å². The highest BCUT2D eigenvalue weighted by Crippen LogP contribution is 2.35. The lowest BCUT2D eigenvalue weighted by Crippen LogP contribution is -2.46. The molecule has 18 heavy (non-hydrogen) atoms. The monoisotopic (exact) mass is 256 g/mol. The number of aliphatic hydroxyl groups is 1. The Hall–Kier alpha value is -0.120. The molecule has 0 saturated heterocycles. The van der Waals surface area contributed by atoms with Gasteiger partial charge in [-0.25, -0.2) is 0 Å².